The third kappa shape index (κ3) is 2.02. The number of nitrogens with two attached hydrogens (primary N) is 1. The molecule has 0 radical (unpaired) electrons. The molecule has 13 heavy (non-hydrogen) atoms. The molecule has 1 aliphatic rings. The molecule has 2 heterocycles. The highest BCUT2D eigenvalue weighted by Gasteiger charge is 2.11. The van der Waals surface area contributed by atoms with Crippen molar-refractivity contribution in [3.63, 3.8) is 0 Å². The SMILES string of the molecule is Nc1cc[nH]c1CN1CCNCC1. The average Bonchev–Trinajstić information content (AvgIpc) is 2.54. The van der Waals surface area contributed by atoms with Gasteiger partial charge in [-0.25, -0.2) is 0 Å². The largest absolute Gasteiger partial charge is 0.397 e. The lowest BCUT2D eigenvalue weighted by molar-refractivity contribution is 0.231. The normalized spacial score (nSPS) is 19.1. The van der Waals surface area contributed by atoms with Gasteiger partial charge >= 0.3 is 0 Å². The molecule has 0 atom stereocenters. The number of hydrogen-bond donors (Lipinski definition) is 3. The molecule has 0 saturated carbocycles. The van der Waals surface area contributed by atoms with E-state index in [1.807, 2.05) is 12.3 Å². The van der Waals surface area contributed by atoms with E-state index < -0.39 is 0 Å². The summed E-state index contributed by atoms with van der Waals surface area (Å²) >= 11 is 0. The van der Waals surface area contributed by atoms with Crippen LogP contribution < -0.4 is 11.1 Å². The number of aromatic nitrogens is 1. The number of nitrogens with one attached hydrogen (secondary N) is 2. The lowest BCUT2D eigenvalue weighted by Gasteiger charge is -2.26. The highest BCUT2D eigenvalue weighted by atomic mass is 15.2. The molecule has 72 valence electrons. The number of nitrogen functional groups attached to an aromatic ring is 1. The Bertz CT molecular complexity index is 262. The highest BCUT2D eigenvalue weighted by Crippen LogP contribution is 2.11. The number of piperazine rings is 1. The molecule has 1 aromatic heterocycles. The van der Waals surface area contributed by atoms with Crippen molar-refractivity contribution in [1.29, 1.82) is 0 Å². The van der Waals surface area contributed by atoms with E-state index in [0.29, 0.717) is 0 Å². The molecule has 4 heteroatoms. The zero-order valence-electron chi connectivity index (χ0n) is 7.71. The Morgan fingerprint density at radius 2 is 2.15 bits per heavy atom. The Kier molecular flexibility index (Phi) is 2.52. The van der Waals surface area contributed by atoms with E-state index in [1.165, 1.54) is 0 Å². The van der Waals surface area contributed by atoms with E-state index in [4.69, 9.17) is 5.73 Å². The van der Waals surface area contributed by atoms with Gasteiger partial charge in [0.25, 0.3) is 0 Å². The fraction of sp³-hybridized carbons (Fsp3) is 0.556. The second-order valence-corrected chi connectivity index (χ2v) is 3.44. The van der Waals surface area contributed by atoms with Crippen molar-refractivity contribution in [3.05, 3.63) is 18.0 Å². The van der Waals surface area contributed by atoms with E-state index in [9.17, 15) is 0 Å². The van der Waals surface area contributed by atoms with E-state index in [1.54, 1.807) is 0 Å². The average molecular weight is 180 g/mol. The van der Waals surface area contributed by atoms with Gasteiger partial charge in [0.2, 0.25) is 0 Å². The Morgan fingerprint density at radius 3 is 2.77 bits per heavy atom. The number of rotatable bonds is 2. The number of nitrogens with zero attached hydrogens (tertiary/aromatic N) is 1. The minimum Gasteiger partial charge on any atom is -0.397 e. The summed E-state index contributed by atoms with van der Waals surface area (Å²) in [5.74, 6) is 0. The van der Waals surface area contributed by atoms with Crippen LogP contribution in [-0.2, 0) is 6.54 Å². The molecule has 1 aliphatic heterocycles. The topological polar surface area (TPSA) is 57.1 Å². The molecule has 1 fully saturated rings. The van der Waals surface area contributed by atoms with Crippen molar-refractivity contribution in [2.24, 2.45) is 0 Å². The molecule has 0 aromatic carbocycles. The van der Waals surface area contributed by atoms with Crippen LogP contribution in [0.4, 0.5) is 5.69 Å². The zero-order valence-corrected chi connectivity index (χ0v) is 7.71. The van der Waals surface area contributed by atoms with Crippen molar-refractivity contribution in [2.75, 3.05) is 31.9 Å². The first kappa shape index (κ1) is 8.59. The fourth-order valence-electron chi connectivity index (χ4n) is 1.65. The third-order valence-electron chi connectivity index (χ3n) is 2.46. The van der Waals surface area contributed by atoms with Crippen LogP contribution in [-0.4, -0.2) is 36.1 Å². The van der Waals surface area contributed by atoms with Gasteiger partial charge in [0.1, 0.15) is 0 Å². The molecule has 1 aromatic rings. The Morgan fingerprint density at radius 1 is 1.38 bits per heavy atom. The van der Waals surface area contributed by atoms with Crippen molar-refractivity contribution < 1.29 is 0 Å². The molecule has 0 spiro atoms. The molecule has 4 nitrogen and oxygen atoms in total. The Hall–Kier alpha value is -1.00. The smallest absolute Gasteiger partial charge is 0.0538 e. The molecule has 0 unspecified atom stereocenters. The maximum Gasteiger partial charge on any atom is 0.0538 e. The summed E-state index contributed by atoms with van der Waals surface area (Å²) in [6, 6.07) is 1.91. The van der Waals surface area contributed by atoms with E-state index in [2.05, 4.69) is 15.2 Å². The summed E-state index contributed by atoms with van der Waals surface area (Å²) in [6.45, 7) is 5.33. The number of aromatic amines is 1. The summed E-state index contributed by atoms with van der Waals surface area (Å²) in [5.41, 5.74) is 7.80. The molecule has 0 amide bonds. The lowest BCUT2D eigenvalue weighted by atomic mass is 10.3. The minimum absolute atomic E-state index is 0.874. The Balaban J connectivity index is 1.93. The van der Waals surface area contributed by atoms with E-state index in [0.717, 1.165) is 44.1 Å². The van der Waals surface area contributed by atoms with Crippen LogP contribution in [0.1, 0.15) is 5.69 Å². The maximum atomic E-state index is 5.78. The predicted molar refractivity (Wildman–Crippen MR) is 53.4 cm³/mol. The Labute approximate surface area is 78.1 Å². The first-order chi connectivity index (χ1) is 6.36. The number of H-pyrrole nitrogens is 1. The summed E-state index contributed by atoms with van der Waals surface area (Å²) in [6.07, 6.45) is 1.90. The fourth-order valence-corrected chi connectivity index (χ4v) is 1.65. The molecule has 0 aliphatic carbocycles. The molecular weight excluding hydrogens is 164 g/mol. The van der Waals surface area contributed by atoms with Gasteiger partial charge in [0.05, 0.1) is 11.4 Å². The van der Waals surface area contributed by atoms with Crippen LogP contribution in [0.3, 0.4) is 0 Å². The second kappa shape index (κ2) is 3.81. The molecular formula is C9H16N4. The molecule has 0 bridgehead atoms. The van der Waals surface area contributed by atoms with Crippen LogP contribution >= 0.6 is 0 Å². The summed E-state index contributed by atoms with van der Waals surface area (Å²) < 4.78 is 0. The molecule has 1 saturated heterocycles. The highest BCUT2D eigenvalue weighted by molar-refractivity contribution is 5.42. The number of hydrogen-bond acceptors (Lipinski definition) is 3. The van der Waals surface area contributed by atoms with Crippen molar-refractivity contribution in [1.82, 2.24) is 15.2 Å². The monoisotopic (exact) mass is 180 g/mol. The van der Waals surface area contributed by atoms with Crippen molar-refractivity contribution in [2.45, 2.75) is 6.54 Å². The minimum atomic E-state index is 0.874. The third-order valence-corrected chi connectivity index (χ3v) is 2.46. The van der Waals surface area contributed by atoms with Gasteiger partial charge in [-0.2, -0.15) is 0 Å². The van der Waals surface area contributed by atoms with Crippen LogP contribution in [0.25, 0.3) is 0 Å². The number of anilines is 1. The van der Waals surface area contributed by atoms with Gasteiger partial charge in [-0.15, -0.1) is 0 Å². The predicted octanol–water partition coefficient (Wildman–Crippen LogP) is 0.00210. The van der Waals surface area contributed by atoms with Gasteiger partial charge in [0.15, 0.2) is 0 Å². The lowest BCUT2D eigenvalue weighted by Crippen LogP contribution is -2.43. The summed E-state index contributed by atoms with van der Waals surface area (Å²) in [5, 5.41) is 3.33. The van der Waals surface area contributed by atoms with Crippen LogP contribution in [0, 0.1) is 0 Å². The van der Waals surface area contributed by atoms with Crippen LogP contribution in [0.15, 0.2) is 12.3 Å². The van der Waals surface area contributed by atoms with Gasteiger partial charge in [-0.3, -0.25) is 4.90 Å². The van der Waals surface area contributed by atoms with E-state index in [-0.39, 0.29) is 0 Å². The van der Waals surface area contributed by atoms with Crippen molar-refractivity contribution >= 4 is 5.69 Å². The molecule has 4 N–H and O–H groups in total. The standard InChI is InChI=1S/C9H16N4/c10-8-1-2-12-9(8)7-13-5-3-11-4-6-13/h1-2,11-12H,3-7,10H2. The van der Waals surface area contributed by atoms with E-state index >= 15 is 0 Å². The first-order valence-electron chi connectivity index (χ1n) is 4.71. The zero-order chi connectivity index (χ0) is 9.10. The summed E-state index contributed by atoms with van der Waals surface area (Å²) in [7, 11) is 0. The quantitative estimate of drug-likeness (QED) is 0.600. The first-order valence-corrected chi connectivity index (χ1v) is 4.71. The van der Waals surface area contributed by atoms with Gasteiger partial charge in [0, 0.05) is 38.9 Å². The second-order valence-electron chi connectivity index (χ2n) is 3.44. The van der Waals surface area contributed by atoms with Gasteiger partial charge in [-0.1, -0.05) is 0 Å². The van der Waals surface area contributed by atoms with Gasteiger partial charge in [-0.05, 0) is 6.07 Å². The van der Waals surface area contributed by atoms with Crippen molar-refractivity contribution in [3.8, 4) is 0 Å². The summed E-state index contributed by atoms with van der Waals surface area (Å²) in [4.78, 5) is 5.57. The maximum absolute atomic E-state index is 5.78. The van der Waals surface area contributed by atoms with Gasteiger partial charge < -0.3 is 16.0 Å². The van der Waals surface area contributed by atoms with Crippen LogP contribution in [0.2, 0.25) is 0 Å². The van der Waals surface area contributed by atoms with Crippen LogP contribution in [0.5, 0.6) is 0 Å². The molecule has 2 rings (SSSR count).